The third kappa shape index (κ3) is 4.25. The van der Waals surface area contributed by atoms with E-state index in [1.165, 1.54) is 26.2 Å². The molecule has 1 saturated heterocycles. The molecule has 1 aromatic carbocycles. The lowest BCUT2D eigenvalue weighted by Crippen LogP contribution is -2.54. The maximum absolute atomic E-state index is 12.5. The third-order valence-electron chi connectivity index (χ3n) is 3.72. The number of urea groups is 1. The first kappa shape index (κ1) is 18.7. The molecule has 1 N–H and O–H groups in total. The number of anilines is 1. The summed E-state index contributed by atoms with van der Waals surface area (Å²) in [6, 6.07) is 5.98. The smallest absolute Gasteiger partial charge is 0.322 e. The van der Waals surface area contributed by atoms with Gasteiger partial charge >= 0.3 is 6.03 Å². The van der Waals surface area contributed by atoms with Crippen LogP contribution in [-0.2, 0) is 14.8 Å². The average Bonchev–Trinajstić information content (AvgIpc) is 2.45. The number of benzene rings is 1. The standard InChI is InChI=1S/C16H25N3O4S/c1-12-10-19(11-16(2,3)23-12)15(20)17-13-7-6-8-14(9-13)24(21,22)18(4)5/h6-9,12H,10-11H2,1-5H3,(H,17,20). The SMILES string of the molecule is CC1CN(C(=O)Nc2cccc(S(=O)(=O)N(C)C)c2)CC(C)(C)O1. The predicted octanol–water partition coefficient (Wildman–Crippen LogP) is 1.97. The fourth-order valence-corrected chi connectivity index (χ4v) is 3.70. The summed E-state index contributed by atoms with van der Waals surface area (Å²) >= 11 is 0. The zero-order valence-electron chi connectivity index (χ0n) is 14.7. The summed E-state index contributed by atoms with van der Waals surface area (Å²) < 4.78 is 31.3. The highest BCUT2D eigenvalue weighted by Crippen LogP contribution is 2.22. The van der Waals surface area contributed by atoms with Gasteiger partial charge in [0.25, 0.3) is 0 Å². The molecule has 0 saturated carbocycles. The highest BCUT2D eigenvalue weighted by molar-refractivity contribution is 7.89. The number of amides is 2. The molecule has 134 valence electrons. The van der Waals surface area contributed by atoms with Crippen molar-refractivity contribution in [2.75, 3.05) is 32.5 Å². The van der Waals surface area contributed by atoms with Crippen LogP contribution in [0.25, 0.3) is 0 Å². The van der Waals surface area contributed by atoms with E-state index >= 15 is 0 Å². The number of hydrogen-bond acceptors (Lipinski definition) is 4. The normalized spacial score (nSPS) is 20.9. The van der Waals surface area contributed by atoms with Crippen molar-refractivity contribution in [3.05, 3.63) is 24.3 Å². The second kappa shape index (κ2) is 6.70. The monoisotopic (exact) mass is 355 g/mol. The summed E-state index contributed by atoms with van der Waals surface area (Å²) in [4.78, 5) is 14.3. The van der Waals surface area contributed by atoms with Gasteiger partial charge in [-0.1, -0.05) is 6.07 Å². The number of rotatable bonds is 3. The largest absolute Gasteiger partial charge is 0.369 e. The van der Waals surface area contributed by atoms with E-state index in [4.69, 9.17) is 4.74 Å². The van der Waals surface area contributed by atoms with Crippen LogP contribution < -0.4 is 5.32 Å². The van der Waals surface area contributed by atoms with Crippen LogP contribution in [-0.4, -0.2) is 62.5 Å². The van der Waals surface area contributed by atoms with Gasteiger partial charge in [-0.25, -0.2) is 17.5 Å². The van der Waals surface area contributed by atoms with Gasteiger partial charge in [-0.3, -0.25) is 0 Å². The first-order valence-electron chi connectivity index (χ1n) is 7.77. The molecular formula is C16H25N3O4S. The molecule has 1 aliphatic heterocycles. The molecule has 0 aromatic heterocycles. The van der Waals surface area contributed by atoms with Crippen LogP contribution in [0.4, 0.5) is 10.5 Å². The van der Waals surface area contributed by atoms with E-state index in [-0.39, 0.29) is 17.0 Å². The van der Waals surface area contributed by atoms with E-state index in [0.29, 0.717) is 18.8 Å². The fourth-order valence-electron chi connectivity index (χ4n) is 2.76. The quantitative estimate of drug-likeness (QED) is 0.899. The van der Waals surface area contributed by atoms with E-state index in [1.54, 1.807) is 17.0 Å². The zero-order valence-corrected chi connectivity index (χ0v) is 15.6. The Kier molecular flexibility index (Phi) is 5.22. The van der Waals surface area contributed by atoms with Gasteiger partial charge in [0, 0.05) is 26.3 Å². The number of carbonyl (C=O) groups is 1. The molecule has 7 nitrogen and oxygen atoms in total. The molecule has 0 radical (unpaired) electrons. The van der Waals surface area contributed by atoms with Gasteiger partial charge in [-0.05, 0) is 39.0 Å². The van der Waals surface area contributed by atoms with Crippen molar-refractivity contribution in [3.8, 4) is 0 Å². The second-order valence-electron chi connectivity index (χ2n) is 6.81. The van der Waals surface area contributed by atoms with Crippen molar-refractivity contribution in [1.82, 2.24) is 9.21 Å². The summed E-state index contributed by atoms with van der Waals surface area (Å²) in [6.45, 7) is 6.76. The lowest BCUT2D eigenvalue weighted by molar-refractivity contribution is -0.116. The van der Waals surface area contributed by atoms with Crippen molar-refractivity contribution < 1.29 is 17.9 Å². The first-order chi connectivity index (χ1) is 11.0. The molecule has 24 heavy (non-hydrogen) atoms. The maximum Gasteiger partial charge on any atom is 0.322 e. The number of hydrogen-bond donors (Lipinski definition) is 1. The molecule has 0 bridgehead atoms. The molecule has 1 atom stereocenters. The first-order valence-corrected chi connectivity index (χ1v) is 9.22. The Morgan fingerprint density at radius 2 is 2.04 bits per heavy atom. The number of sulfonamides is 1. The van der Waals surface area contributed by atoms with Crippen LogP contribution in [0.3, 0.4) is 0 Å². The van der Waals surface area contributed by atoms with Gasteiger partial charge in [0.05, 0.1) is 23.1 Å². The van der Waals surface area contributed by atoms with Gasteiger partial charge in [0.1, 0.15) is 0 Å². The van der Waals surface area contributed by atoms with Crippen LogP contribution in [0.1, 0.15) is 20.8 Å². The van der Waals surface area contributed by atoms with Gasteiger partial charge in [-0.2, -0.15) is 0 Å². The molecule has 8 heteroatoms. The van der Waals surface area contributed by atoms with Gasteiger partial charge in [0.15, 0.2) is 0 Å². The van der Waals surface area contributed by atoms with E-state index < -0.39 is 15.6 Å². The van der Waals surface area contributed by atoms with Crippen LogP contribution in [0, 0.1) is 0 Å². The third-order valence-corrected chi connectivity index (χ3v) is 5.53. The Bertz CT molecular complexity index is 716. The topological polar surface area (TPSA) is 79.0 Å². The molecule has 0 spiro atoms. The molecular weight excluding hydrogens is 330 g/mol. The predicted molar refractivity (Wildman–Crippen MR) is 92.5 cm³/mol. The highest BCUT2D eigenvalue weighted by atomic mass is 32.2. The zero-order chi connectivity index (χ0) is 18.1. The Morgan fingerprint density at radius 3 is 2.62 bits per heavy atom. The van der Waals surface area contributed by atoms with Crippen molar-refractivity contribution >= 4 is 21.7 Å². The Morgan fingerprint density at radius 1 is 1.38 bits per heavy atom. The lowest BCUT2D eigenvalue weighted by atomic mass is 10.1. The van der Waals surface area contributed by atoms with Gasteiger partial charge in [-0.15, -0.1) is 0 Å². The summed E-state index contributed by atoms with van der Waals surface area (Å²) in [7, 11) is -0.599. The molecule has 1 fully saturated rings. The number of morpholine rings is 1. The van der Waals surface area contributed by atoms with E-state index in [0.717, 1.165) is 4.31 Å². The summed E-state index contributed by atoms with van der Waals surface area (Å²) in [6.07, 6.45) is -0.0556. The van der Waals surface area contributed by atoms with E-state index in [2.05, 4.69) is 5.32 Å². The molecule has 1 unspecified atom stereocenters. The molecule has 2 rings (SSSR count). The van der Waals surface area contributed by atoms with Crippen molar-refractivity contribution in [2.24, 2.45) is 0 Å². The van der Waals surface area contributed by atoms with E-state index in [1.807, 2.05) is 20.8 Å². The summed E-state index contributed by atoms with van der Waals surface area (Å²) in [5, 5.41) is 2.77. The number of nitrogens with zero attached hydrogens (tertiary/aromatic N) is 2. The molecule has 1 heterocycles. The number of carbonyl (C=O) groups excluding carboxylic acids is 1. The molecule has 0 aliphatic carbocycles. The Hall–Kier alpha value is -1.64. The van der Waals surface area contributed by atoms with Crippen LogP contribution in [0.15, 0.2) is 29.2 Å². The average molecular weight is 355 g/mol. The van der Waals surface area contributed by atoms with Gasteiger partial charge in [0.2, 0.25) is 10.0 Å². The fraction of sp³-hybridized carbons (Fsp3) is 0.562. The Labute approximate surface area is 143 Å². The van der Waals surface area contributed by atoms with Crippen molar-refractivity contribution in [2.45, 2.75) is 37.4 Å². The molecule has 1 aliphatic rings. The summed E-state index contributed by atoms with van der Waals surface area (Å²) in [5.41, 5.74) is 0.0327. The van der Waals surface area contributed by atoms with Crippen LogP contribution in [0.5, 0.6) is 0 Å². The molecule has 1 aromatic rings. The van der Waals surface area contributed by atoms with E-state index in [9.17, 15) is 13.2 Å². The molecule has 2 amide bonds. The van der Waals surface area contributed by atoms with Crippen LogP contribution >= 0.6 is 0 Å². The maximum atomic E-state index is 12.5. The van der Waals surface area contributed by atoms with Gasteiger partial charge < -0.3 is 15.0 Å². The van der Waals surface area contributed by atoms with Crippen molar-refractivity contribution in [1.29, 1.82) is 0 Å². The lowest BCUT2D eigenvalue weighted by Gasteiger charge is -2.41. The number of nitrogens with one attached hydrogen (secondary N) is 1. The minimum absolute atomic E-state index is 0.0556. The van der Waals surface area contributed by atoms with Crippen molar-refractivity contribution in [3.63, 3.8) is 0 Å². The second-order valence-corrected chi connectivity index (χ2v) is 8.97. The minimum atomic E-state index is -3.54. The highest BCUT2D eigenvalue weighted by Gasteiger charge is 2.33. The minimum Gasteiger partial charge on any atom is -0.369 e. The summed E-state index contributed by atoms with van der Waals surface area (Å²) in [5.74, 6) is 0. The Balaban J connectivity index is 2.15. The number of ether oxygens (including phenoxy) is 1. The van der Waals surface area contributed by atoms with Crippen LogP contribution in [0.2, 0.25) is 0 Å².